The molecular weight excluding hydrogens is 351 g/mol. The van der Waals surface area contributed by atoms with E-state index in [9.17, 15) is 10.3 Å². The second kappa shape index (κ2) is 6.22. The summed E-state index contributed by atoms with van der Waals surface area (Å²) in [5, 5.41) is 31.9. The lowest BCUT2D eigenvalue weighted by Crippen LogP contribution is -2.26. The molecule has 0 atom stereocenters. The molecule has 0 unspecified atom stereocenters. The van der Waals surface area contributed by atoms with Crippen molar-refractivity contribution in [2.45, 2.75) is 6.54 Å². The standard InChI is InChI=1S/C16H14Cl2N4O2/c1-21-15-11(18)3-2-4-13(15)22(16(21)19)8-12(20-24)10-7-9(17)5-6-14(10)23/h2-7,19,23-24H,8H2,1H3/b19-16?,20-12+. The molecule has 0 bridgehead atoms. The van der Waals surface area contributed by atoms with E-state index in [0.717, 1.165) is 5.52 Å². The lowest BCUT2D eigenvalue weighted by molar-refractivity contribution is 0.317. The first-order chi connectivity index (χ1) is 11.4. The van der Waals surface area contributed by atoms with Crippen molar-refractivity contribution in [2.24, 2.45) is 12.2 Å². The van der Waals surface area contributed by atoms with Gasteiger partial charge < -0.3 is 19.4 Å². The maximum Gasteiger partial charge on any atom is 0.203 e. The number of fused-ring (bicyclic) bond motifs is 1. The number of rotatable bonds is 3. The number of halogens is 2. The minimum atomic E-state index is -0.0578. The molecule has 2 aromatic carbocycles. The second-order valence-corrected chi connectivity index (χ2v) is 6.13. The van der Waals surface area contributed by atoms with E-state index in [-0.39, 0.29) is 23.6 Å². The van der Waals surface area contributed by atoms with Crippen LogP contribution in [-0.2, 0) is 13.6 Å². The van der Waals surface area contributed by atoms with Crippen LogP contribution in [0.3, 0.4) is 0 Å². The molecule has 1 aromatic heterocycles. The summed E-state index contributed by atoms with van der Waals surface area (Å²) in [6, 6.07) is 9.83. The first-order valence-electron chi connectivity index (χ1n) is 7.02. The molecule has 6 nitrogen and oxygen atoms in total. The van der Waals surface area contributed by atoms with Gasteiger partial charge in [-0.05, 0) is 30.3 Å². The van der Waals surface area contributed by atoms with Crippen molar-refractivity contribution in [3.63, 3.8) is 0 Å². The number of hydrogen-bond acceptors (Lipinski definition) is 4. The van der Waals surface area contributed by atoms with Crippen LogP contribution in [0.1, 0.15) is 5.56 Å². The predicted octanol–water partition coefficient (Wildman–Crippen LogP) is 3.35. The van der Waals surface area contributed by atoms with E-state index in [1.165, 1.54) is 18.2 Å². The van der Waals surface area contributed by atoms with Crippen molar-refractivity contribution in [1.82, 2.24) is 9.13 Å². The summed E-state index contributed by atoms with van der Waals surface area (Å²) >= 11 is 12.2. The number of phenolic OH excluding ortho intramolecular Hbond substituents is 1. The van der Waals surface area contributed by atoms with Gasteiger partial charge in [0, 0.05) is 17.6 Å². The summed E-state index contributed by atoms with van der Waals surface area (Å²) in [7, 11) is 1.74. The van der Waals surface area contributed by atoms with E-state index >= 15 is 0 Å². The van der Waals surface area contributed by atoms with Crippen molar-refractivity contribution >= 4 is 39.9 Å². The topological polar surface area (TPSA) is 86.5 Å². The summed E-state index contributed by atoms with van der Waals surface area (Å²) in [5.41, 5.74) is 2.09. The van der Waals surface area contributed by atoms with Gasteiger partial charge in [-0.3, -0.25) is 5.41 Å². The molecule has 0 radical (unpaired) electrons. The van der Waals surface area contributed by atoms with Crippen LogP contribution in [0.4, 0.5) is 0 Å². The second-order valence-electron chi connectivity index (χ2n) is 5.28. The van der Waals surface area contributed by atoms with E-state index in [2.05, 4.69) is 5.16 Å². The summed E-state index contributed by atoms with van der Waals surface area (Å²) in [6.07, 6.45) is 0. The van der Waals surface area contributed by atoms with Crippen molar-refractivity contribution in [2.75, 3.05) is 0 Å². The third kappa shape index (κ3) is 2.64. The van der Waals surface area contributed by atoms with Gasteiger partial charge in [-0.25, -0.2) is 0 Å². The number of aryl methyl sites for hydroxylation is 1. The minimum Gasteiger partial charge on any atom is -0.507 e. The molecule has 124 valence electrons. The average molecular weight is 365 g/mol. The Morgan fingerprint density at radius 2 is 2.00 bits per heavy atom. The molecule has 3 aromatic rings. The van der Waals surface area contributed by atoms with Gasteiger partial charge in [-0.2, -0.15) is 0 Å². The van der Waals surface area contributed by atoms with Gasteiger partial charge in [0.1, 0.15) is 11.5 Å². The molecule has 8 heteroatoms. The molecule has 0 fully saturated rings. The number of phenols is 1. The zero-order chi connectivity index (χ0) is 17.4. The summed E-state index contributed by atoms with van der Waals surface area (Å²) in [6.45, 7) is 0.0704. The van der Waals surface area contributed by atoms with Crippen LogP contribution in [-0.4, -0.2) is 25.2 Å². The number of nitrogens with zero attached hydrogens (tertiary/aromatic N) is 3. The van der Waals surface area contributed by atoms with Crippen molar-refractivity contribution in [3.8, 4) is 5.75 Å². The monoisotopic (exact) mass is 364 g/mol. The quantitative estimate of drug-likeness (QED) is 0.378. The van der Waals surface area contributed by atoms with E-state index in [1.807, 2.05) is 6.07 Å². The fourth-order valence-corrected chi connectivity index (χ4v) is 3.14. The number of imidazole rings is 1. The summed E-state index contributed by atoms with van der Waals surface area (Å²) < 4.78 is 3.28. The van der Waals surface area contributed by atoms with Crippen LogP contribution < -0.4 is 5.62 Å². The van der Waals surface area contributed by atoms with Gasteiger partial charge in [-0.15, -0.1) is 0 Å². The van der Waals surface area contributed by atoms with Gasteiger partial charge in [-0.1, -0.05) is 34.4 Å². The number of oxime groups is 1. The zero-order valence-corrected chi connectivity index (χ0v) is 14.2. The Hall–Kier alpha value is -2.44. The smallest absolute Gasteiger partial charge is 0.203 e. The minimum absolute atomic E-state index is 0.0578. The van der Waals surface area contributed by atoms with Crippen LogP contribution in [0.25, 0.3) is 11.0 Å². The molecule has 0 saturated carbocycles. The van der Waals surface area contributed by atoms with Crippen molar-refractivity contribution in [3.05, 3.63) is 57.6 Å². The fraction of sp³-hybridized carbons (Fsp3) is 0.125. The molecule has 0 aliphatic carbocycles. The Morgan fingerprint density at radius 3 is 2.71 bits per heavy atom. The van der Waals surface area contributed by atoms with Crippen LogP contribution in [0, 0.1) is 5.41 Å². The summed E-state index contributed by atoms with van der Waals surface area (Å²) in [5.74, 6) is -0.0578. The van der Waals surface area contributed by atoms with Crippen LogP contribution >= 0.6 is 23.2 Å². The Balaban J connectivity index is 2.16. The summed E-state index contributed by atoms with van der Waals surface area (Å²) in [4.78, 5) is 0. The highest BCUT2D eigenvalue weighted by Crippen LogP contribution is 2.25. The van der Waals surface area contributed by atoms with Crippen LogP contribution in [0.2, 0.25) is 10.0 Å². The number of aromatic nitrogens is 2. The maximum absolute atomic E-state index is 10.0. The number of para-hydroxylation sites is 1. The first-order valence-corrected chi connectivity index (χ1v) is 7.77. The van der Waals surface area contributed by atoms with E-state index in [4.69, 9.17) is 28.6 Å². The normalized spacial score (nSPS) is 12.0. The Bertz CT molecular complexity index is 1020. The highest BCUT2D eigenvalue weighted by molar-refractivity contribution is 6.35. The predicted molar refractivity (Wildman–Crippen MR) is 93.2 cm³/mol. The average Bonchev–Trinajstić information content (AvgIpc) is 2.80. The largest absolute Gasteiger partial charge is 0.507 e. The van der Waals surface area contributed by atoms with Crippen molar-refractivity contribution < 1.29 is 10.3 Å². The molecule has 3 rings (SSSR count). The van der Waals surface area contributed by atoms with Gasteiger partial charge in [0.2, 0.25) is 5.62 Å². The Kier molecular flexibility index (Phi) is 4.26. The number of benzene rings is 2. The molecule has 0 spiro atoms. The highest BCUT2D eigenvalue weighted by atomic mass is 35.5. The van der Waals surface area contributed by atoms with E-state index in [0.29, 0.717) is 21.1 Å². The lowest BCUT2D eigenvalue weighted by Gasteiger charge is -2.09. The highest BCUT2D eigenvalue weighted by Gasteiger charge is 2.16. The van der Waals surface area contributed by atoms with Crippen LogP contribution in [0.15, 0.2) is 41.6 Å². The molecule has 1 heterocycles. The number of aromatic hydroxyl groups is 1. The van der Waals surface area contributed by atoms with E-state index in [1.54, 1.807) is 28.3 Å². The first kappa shape index (κ1) is 16.4. The van der Waals surface area contributed by atoms with Gasteiger partial charge in [0.25, 0.3) is 0 Å². The van der Waals surface area contributed by atoms with Crippen LogP contribution in [0.5, 0.6) is 5.75 Å². The van der Waals surface area contributed by atoms with E-state index < -0.39 is 0 Å². The number of nitrogens with one attached hydrogen (secondary N) is 1. The third-order valence-corrected chi connectivity index (χ3v) is 4.40. The number of hydrogen-bond donors (Lipinski definition) is 3. The molecule has 24 heavy (non-hydrogen) atoms. The SMILES string of the molecule is Cn1c(=N)n(C/C(=N\O)c2cc(Cl)ccc2O)c2cccc(Cl)c21. The molecule has 0 aliphatic rings. The third-order valence-electron chi connectivity index (χ3n) is 3.86. The molecule has 0 amide bonds. The van der Waals surface area contributed by atoms with Gasteiger partial charge in [0.15, 0.2) is 0 Å². The zero-order valence-electron chi connectivity index (χ0n) is 12.7. The molecule has 0 aliphatic heterocycles. The lowest BCUT2D eigenvalue weighted by atomic mass is 10.1. The molecule has 3 N–H and O–H groups in total. The molecular formula is C16H14Cl2N4O2. The van der Waals surface area contributed by atoms with Crippen molar-refractivity contribution in [1.29, 1.82) is 5.41 Å². The Labute approximate surface area is 147 Å². The maximum atomic E-state index is 10.0. The van der Waals surface area contributed by atoms with Gasteiger partial charge >= 0.3 is 0 Å². The Morgan fingerprint density at radius 1 is 1.25 bits per heavy atom. The molecule has 0 saturated heterocycles. The van der Waals surface area contributed by atoms with Gasteiger partial charge in [0.05, 0.1) is 22.6 Å². The fourth-order valence-electron chi connectivity index (χ4n) is 2.67.